The predicted molar refractivity (Wildman–Crippen MR) is 108 cm³/mol. The molecule has 0 fully saturated rings. The molecule has 0 saturated carbocycles. The highest BCUT2D eigenvalue weighted by Gasteiger charge is 2.18. The lowest BCUT2D eigenvalue weighted by Gasteiger charge is -2.15. The van der Waals surface area contributed by atoms with Crippen molar-refractivity contribution in [1.29, 1.82) is 0 Å². The highest BCUT2D eigenvalue weighted by molar-refractivity contribution is 5.95. The first-order valence-corrected chi connectivity index (χ1v) is 9.26. The van der Waals surface area contributed by atoms with Crippen LogP contribution < -0.4 is 14.8 Å². The second-order valence-electron chi connectivity index (χ2n) is 6.43. The fourth-order valence-corrected chi connectivity index (χ4v) is 3.12. The summed E-state index contributed by atoms with van der Waals surface area (Å²) in [6.07, 6.45) is 1.80. The van der Waals surface area contributed by atoms with E-state index < -0.39 is 0 Å². The van der Waals surface area contributed by atoms with Crippen molar-refractivity contribution in [2.75, 3.05) is 13.7 Å². The van der Waals surface area contributed by atoms with E-state index in [0.29, 0.717) is 23.7 Å². The smallest absolute Gasteiger partial charge is 0.251 e. The van der Waals surface area contributed by atoms with Gasteiger partial charge < -0.3 is 14.8 Å². The molecule has 1 N–H and O–H groups in total. The van der Waals surface area contributed by atoms with Crippen molar-refractivity contribution in [2.45, 2.75) is 26.8 Å². The molecule has 28 heavy (non-hydrogen) atoms. The van der Waals surface area contributed by atoms with Gasteiger partial charge in [-0.25, -0.2) is 4.68 Å². The Bertz CT molecular complexity index is 951. The average Bonchev–Trinajstić information content (AvgIpc) is 3.10. The van der Waals surface area contributed by atoms with Gasteiger partial charge in [-0.05, 0) is 51.1 Å². The molecule has 2 aromatic carbocycles. The fraction of sp³-hybridized carbons (Fsp3) is 0.273. The van der Waals surface area contributed by atoms with Crippen LogP contribution in [0.2, 0.25) is 0 Å². The molecule has 1 unspecified atom stereocenters. The van der Waals surface area contributed by atoms with E-state index in [-0.39, 0.29) is 11.9 Å². The van der Waals surface area contributed by atoms with Crippen molar-refractivity contribution in [3.05, 3.63) is 71.5 Å². The molecule has 0 spiro atoms. The molecule has 0 aliphatic rings. The first-order valence-electron chi connectivity index (χ1n) is 9.26. The highest BCUT2D eigenvalue weighted by atomic mass is 16.5. The van der Waals surface area contributed by atoms with E-state index in [1.807, 2.05) is 55.8 Å². The van der Waals surface area contributed by atoms with Crippen molar-refractivity contribution in [3.8, 4) is 17.2 Å². The molecule has 0 radical (unpaired) electrons. The van der Waals surface area contributed by atoms with Gasteiger partial charge in [0, 0.05) is 16.8 Å². The molecule has 146 valence electrons. The van der Waals surface area contributed by atoms with Crippen LogP contribution in [0, 0.1) is 6.92 Å². The van der Waals surface area contributed by atoms with Crippen LogP contribution in [-0.2, 0) is 0 Å². The van der Waals surface area contributed by atoms with E-state index in [0.717, 1.165) is 16.9 Å². The van der Waals surface area contributed by atoms with E-state index in [4.69, 9.17) is 9.47 Å². The number of nitrogens with zero attached hydrogens (tertiary/aromatic N) is 2. The van der Waals surface area contributed by atoms with Crippen molar-refractivity contribution >= 4 is 5.91 Å². The molecule has 0 bridgehead atoms. The quantitative estimate of drug-likeness (QED) is 0.672. The van der Waals surface area contributed by atoms with Gasteiger partial charge in [-0.2, -0.15) is 5.10 Å². The zero-order valence-corrected chi connectivity index (χ0v) is 16.6. The number of nitrogens with one attached hydrogen (secondary N) is 1. The molecule has 6 nitrogen and oxygen atoms in total. The average molecular weight is 379 g/mol. The van der Waals surface area contributed by atoms with Crippen molar-refractivity contribution in [1.82, 2.24) is 15.1 Å². The summed E-state index contributed by atoms with van der Waals surface area (Å²) in [6, 6.07) is 14.9. The van der Waals surface area contributed by atoms with Crippen molar-refractivity contribution in [3.63, 3.8) is 0 Å². The number of hydrogen-bond donors (Lipinski definition) is 1. The Labute approximate surface area is 165 Å². The Morgan fingerprint density at radius 2 is 1.93 bits per heavy atom. The van der Waals surface area contributed by atoms with Crippen LogP contribution in [0.25, 0.3) is 5.69 Å². The standard InChI is InChI=1S/C22H25N3O3/c1-5-28-21-13-17(11-12-20(21)27-4)22(26)24-15(2)19-14-23-25(16(19)3)18-9-7-6-8-10-18/h6-15H,5H2,1-4H3,(H,24,26). The number of carbonyl (C=O) groups excluding carboxylic acids is 1. The summed E-state index contributed by atoms with van der Waals surface area (Å²) in [7, 11) is 1.58. The summed E-state index contributed by atoms with van der Waals surface area (Å²) in [5.74, 6) is 0.979. The van der Waals surface area contributed by atoms with Crippen molar-refractivity contribution in [2.24, 2.45) is 0 Å². The maximum atomic E-state index is 12.7. The maximum Gasteiger partial charge on any atom is 0.251 e. The number of hydrogen-bond acceptors (Lipinski definition) is 4. The lowest BCUT2D eigenvalue weighted by atomic mass is 10.1. The minimum Gasteiger partial charge on any atom is -0.493 e. The topological polar surface area (TPSA) is 65.4 Å². The molecule has 6 heteroatoms. The Morgan fingerprint density at radius 1 is 1.18 bits per heavy atom. The monoisotopic (exact) mass is 379 g/mol. The first kappa shape index (κ1) is 19.5. The van der Waals surface area contributed by atoms with Gasteiger partial charge in [0.05, 0.1) is 31.6 Å². The molecule has 1 atom stereocenters. The maximum absolute atomic E-state index is 12.7. The van der Waals surface area contributed by atoms with Gasteiger partial charge in [-0.3, -0.25) is 4.79 Å². The zero-order chi connectivity index (χ0) is 20.1. The normalized spacial score (nSPS) is 11.7. The number of ether oxygens (including phenoxy) is 2. The Hall–Kier alpha value is -3.28. The molecule has 0 aliphatic heterocycles. The third kappa shape index (κ3) is 4.01. The Morgan fingerprint density at radius 3 is 2.61 bits per heavy atom. The zero-order valence-electron chi connectivity index (χ0n) is 16.6. The molecule has 3 aromatic rings. The third-order valence-corrected chi connectivity index (χ3v) is 4.59. The van der Waals surface area contributed by atoms with Gasteiger partial charge in [-0.15, -0.1) is 0 Å². The highest BCUT2D eigenvalue weighted by Crippen LogP contribution is 2.28. The van der Waals surface area contributed by atoms with Gasteiger partial charge in [-0.1, -0.05) is 18.2 Å². The number of rotatable bonds is 7. The number of methoxy groups -OCH3 is 1. The van der Waals surface area contributed by atoms with E-state index in [2.05, 4.69) is 10.4 Å². The summed E-state index contributed by atoms with van der Waals surface area (Å²) < 4.78 is 12.7. The molecule has 1 aromatic heterocycles. The minimum atomic E-state index is -0.192. The predicted octanol–water partition coefficient (Wildman–Crippen LogP) is 4.08. The summed E-state index contributed by atoms with van der Waals surface area (Å²) in [5.41, 5.74) is 3.46. The molecule has 1 amide bonds. The third-order valence-electron chi connectivity index (χ3n) is 4.59. The fourth-order valence-electron chi connectivity index (χ4n) is 3.12. The summed E-state index contributed by atoms with van der Waals surface area (Å²) >= 11 is 0. The SMILES string of the molecule is CCOc1cc(C(=O)NC(C)c2cnn(-c3ccccc3)c2C)ccc1OC. The number of carbonyl (C=O) groups is 1. The van der Waals surface area contributed by atoms with E-state index >= 15 is 0 Å². The van der Waals surface area contributed by atoms with Gasteiger partial charge in [0.15, 0.2) is 11.5 Å². The summed E-state index contributed by atoms with van der Waals surface area (Å²) in [6.45, 7) is 6.33. The molecular formula is C22H25N3O3. The van der Waals surface area contributed by atoms with Crippen LogP contribution in [0.4, 0.5) is 0 Å². The minimum absolute atomic E-state index is 0.178. The lowest BCUT2D eigenvalue weighted by molar-refractivity contribution is 0.0939. The van der Waals surface area contributed by atoms with Gasteiger partial charge >= 0.3 is 0 Å². The largest absolute Gasteiger partial charge is 0.493 e. The summed E-state index contributed by atoms with van der Waals surface area (Å²) in [4.78, 5) is 12.7. The van der Waals surface area contributed by atoms with Crippen LogP contribution in [-0.4, -0.2) is 29.4 Å². The van der Waals surface area contributed by atoms with Crippen LogP contribution in [0.3, 0.4) is 0 Å². The molecule has 1 heterocycles. The second kappa shape index (κ2) is 8.61. The first-order chi connectivity index (χ1) is 13.5. The number of para-hydroxylation sites is 1. The summed E-state index contributed by atoms with van der Waals surface area (Å²) in [5, 5.41) is 7.51. The molecular weight excluding hydrogens is 354 g/mol. The van der Waals surface area contributed by atoms with Crippen LogP contribution in [0.1, 0.15) is 41.5 Å². The Balaban J connectivity index is 1.78. The Kier molecular flexibility index (Phi) is 5.99. The van der Waals surface area contributed by atoms with Gasteiger partial charge in [0.1, 0.15) is 0 Å². The van der Waals surface area contributed by atoms with Crippen LogP contribution in [0.5, 0.6) is 11.5 Å². The molecule has 0 aliphatic carbocycles. The lowest BCUT2D eigenvalue weighted by Crippen LogP contribution is -2.27. The number of benzene rings is 2. The van der Waals surface area contributed by atoms with Crippen LogP contribution in [0.15, 0.2) is 54.7 Å². The van der Waals surface area contributed by atoms with Crippen LogP contribution >= 0.6 is 0 Å². The van der Waals surface area contributed by atoms with E-state index in [1.54, 1.807) is 31.5 Å². The van der Waals surface area contributed by atoms with Gasteiger partial charge in [0.2, 0.25) is 0 Å². The van der Waals surface area contributed by atoms with Gasteiger partial charge in [0.25, 0.3) is 5.91 Å². The number of amides is 1. The number of aromatic nitrogens is 2. The molecule has 0 saturated heterocycles. The second-order valence-corrected chi connectivity index (χ2v) is 6.43. The van der Waals surface area contributed by atoms with E-state index in [1.165, 1.54) is 0 Å². The van der Waals surface area contributed by atoms with E-state index in [9.17, 15) is 4.79 Å². The van der Waals surface area contributed by atoms with Crippen molar-refractivity contribution < 1.29 is 14.3 Å². The molecule has 3 rings (SSSR count).